The van der Waals surface area contributed by atoms with Gasteiger partial charge in [0.1, 0.15) is 0 Å². The van der Waals surface area contributed by atoms with E-state index in [1.54, 1.807) is 0 Å². The first-order valence-corrected chi connectivity index (χ1v) is 14.6. The van der Waals surface area contributed by atoms with E-state index in [1.807, 2.05) is 0 Å². The lowest BCUT2D eigenvalue weighted by atomic mass is 10.0. The number of benzene rings is 1. The Labute approximate surface area is 243 Å². The highest BCUT2D eigenvalue weighted by atomic mass is 127. The fraction of sp³-hybridized carbons (Fsp3) is 0.760. The third-order valence-corrected chi connectivity index (χ3v) is 5.61. The minimum Gasteiger partial charge on any atom is -0.379 e. The summed E-state index contributed by atoms with van der Waals surface area (Å²) in [4.78, 5) is 20.8. The summed E-state index contributed by atoms with van der Waals surface area (Å²) in [6.45, 7) is 7.51. The number of aryl methyl sites for hydroxylation is 1. The second-order valence-electron chi connectivity index (χ2n) is 8.11. The van der Waals surface area contributed by atoms with E-state index < -0.39 is 9.85 Å². The van der Waals surface area contributed by atoms with Crippen LogP contribution in [0.15, 0.2) is 18.2 Å². The SMILES string of the molecule is O=[N+]([O-])c1ccc(CCCCCOCCOCCOCCOCCOCCOCCOCCI)c([N+](=O)[O-])c1. The summed E-state index contributed by atoms with van der Waals surface area (Å²) >= 11 is 2.27. The Balaban J connectivity index is 1.81. The molecule has 1 rings (SSSR count). The molecule has 1 aromatic rings. The summed E-state index contributed by atoms with van der Waals surface area (Å²) in [6.07, 6.45) is 2.87. The Kier molecular flexibility index (Phi) is 23.2. The molecule has 0 spiro atoms. The molecule has 0 aromatic heterocycles. The zero-order valence-electron chi connectivity index (χ0n) is 22.4. The maximum Gasteiger partial charge on any atom is 0.279 e. The molecule has 0 saturated carbocycles. The van der Waals surface area contributed by atoms with Crippen molar-refractivity contribution in [2.24, 2.45) is 0 Å². The summed E-state index contributed by atoms with van der Waals surface area (Å²) in [6, 6.07) is 3.77. The molecular weight excluding hydrogens is 631 g/mol. The predicted molar refractivity (Wildman–Crippen MR) is 152 cm³/mol. The average molecular weight is 673 g/mol. The van der Waals surface area contributed by atoms with Crippen LogP contribution in [0.4, 0.5) is 11.4 Å². The third-order valence-electron chi connectivity index (χ3n) is 5.16. The largest absolute Gasteiger partial charge is 0.379 e. The van der Waals surface area contributed by atoms with Crippen LogP contribution in [0.2, 0.25) is 0 Å². The molecule has 39 heavy (non-hydrogen) atoms. The first kappa shape index (κ1) is 35.5. The fourth-order valence-electron chi connectivity index (χ4n) is 3.22. The van der Waals surface area contributed by atoms with Gasteiger partial charge < -0.3 is 33.2 Å². The van der Waals surface area contributed by atoms with Gasteiger partial charge in [0.05, 0.1) is 102 Å². The number of rotatable bonds is 28. The number of unbranched alkanes of at least 4 members (excludes halogenated alkanes) is 2. The minimum absolute atomic E-state index is 0.208. The molecule has 0 heterocycles. The summed E-state index contributed by atoms with van der Waals surface area (Å²) in [5.41, 5.74) is 0.0185. The van der Waals surface area contributed by atoms with Gasteiger partial charge in [-0.2, -0.15) is 0 Å². The smallest absolute Gasteiger partial charge is 0.279 e. The van der Waals surface area contributed by atoms with E-state index in [0.29, 0.717) is 97.9 Å². The van der Waals surface area contributed by atoms with Gasteiger partial charge in [0, 0.05) is 22.7 Å². The maximum absolute atomic E-state index is 11.2. The van der Waals surface area contributed by atoms with Crippen LogP contribution in [-0.2, 0) is 39.6 Å². The standard InChI is InChI=1S/C25H41IN2O11/c26-7-9-34-11-13-36-15-17-38-19-21-39-20-18-37-16-14-35-12-10-33-8-3-1-2-4-23-5-6-24(27(29)30)22-25(23)28(31)32/h5-6,22H,1-4,7-21H2. The van der Waals surface area contributed by atoms with Crippen molar-refractivity contribution in [3.63, 3.8) is 0 Å². The number of nitrogens with zero attached hydrogens (tertiary/aromatic N) is 2. The highest BCUT2D eigenvalue weighted by Crippen LogP contribution is 2.26. The van der Waals surface area contributed by atoms with Gasteiger partial charge in [-0.05, 0) is 25.3 Å². The number of halogens is 1. The van der Waals surface area contributed by atoms with E-state index in [4.69, 9.17) is 33.2 Å². The monoisotopic (exact) mass is 672 g/mol. The normalized spacial score (nSPS) is 11.2. The number of alkyl halides is 1. The van der Waals surface area contributed by atoms with Crippen molar-refractivity contribution >= 4 is 34.0 Å². The highest BCUT2D eigenvalue weighted by molar-refractivity contribution is 14.1. The summed E-state index contributed by atoms with van der Waals surface area (Å²) in [7, 11) is 0. The van der Waals surface area contributed by atoms with Crippen LogP contribution in [0, 0.1) is 20.2 Å². The molecule has 13 nitrogen and oxygen atoms in total. The number of hydrogen-bond donors (Lipinski definition) is 0. The molecule has 0 unspecified atom stereocenters. The lowest BCUT2D eigenvalue weighted by molar-refractivity contribution is -0.394. The summed E-state index contributed by atoms with van der Waals surface area (Å²) in [5.74, 6) is 0. The molecule has 1 aromatic carbocycles. The Morgan fingerprint density at radius 2 is 1.00 bits per heavy atom. The van der Waals surface area contributed by atoms with Crippen molar-refractivity contribution < 1.29 is 43.0 Å². The molecular formula is C25H41IN2O11. The van der Waals surface area contributed by atoms with Gasteiger partial charge in [-0.25, -0.2) is 0 Å². The molecule has 14 heteroatoms. The quantitative estimate of drug-likeness (QED) is 0.0421. The van der Waals surface area contributed by atoms with Crippen molar-refractivity contribution in [3.05, 3.63) is 44.0 Å². The number of nitro benzene ring substituents is 2. The van der Waals surface area contributed by atoms with Gasteiger partial charge in [-0.15, -0.1) is 0 Å². The van der Waals surface area contributed by atoms with Crippen molar-refractivity contribution in [1.29, 1.82) is 0 Å². The predicted octanol–water partition coefficient (Wildman–Crippen LogP) is 3.77. The summed E-state index contributed by atoms with van der Waals surface area (Å²) < 4.78 is 38.9. The van der Waals surface area contributed by atoms with Gasteiger partial charge in [0.25, 0.3) is 11.4 Å². The molecule has 0 bridgehead atoms. The maximum atomic E-state index is 11.2. The number of nitro groups is 2. The lowest BCUT2D eigenvalue weighted by Gasteiger charge is -2.08. The van der Waals surface area contributed by atoms with E-state index in [9.17, 15) is 20.2 Å². The van der Waals surface area contributed by atoms with E-state index in [-0.39, 0.29) is 11.4 Å². The lowest BCUT2D eigenvalue weighted by Crippen LogP contribution is -2.14. The zero-order chi connectivity index (χ0) is 28.4. The van der Waals surface area contributed by atoms with E-state index in [2.05, 4.69) is 22.6 Å². The van der Waals surface area contributed by atoms with Crippen molar-refractivity contribution in [1.82, 2.24) is 0 Å². The van der Waals surface area contributed by atoms with Crippen LogP contribution >= 0.6 is 22.6 Å². The minimum atomic E-state index is -0.633. The van der Waals surface area contributed by atoms with Crippen LogP contribution in [0.5, 0.6) is 0 Å². The van der Waals surface area contributed by atoms with Crippen molar-refractivity contribution in [3.8, 4) is 0 Å². The Bertz CT molecular complexity index is 774. The molecule has 0 aliphatic heterocycles. The molecule has 0 aliphatic rings. The Morgan fingerprint density at radius 3 is 1.41 bits per heavy atom. The van der Waals surface area contributed by atoms with E-state index in [1.165, 1.54) is 12.1 Å². The van der Waals surface area contributed by atoms with Gasteiger partial charge >= 0.3 is 0 Å². The van der Waals surface area contributed by atoms with E-state index in [0.717, 1.165) is 36.4 Å². The molecule has 0 fully saturated rings. The fourth-order valence-corrected chi connectivity index (χ4v) is 3.53. The second-order valence-corrected chi connectivity index (χ2v) is 9.19. The second kappa shape index (κ2) is 25.4. The van der Waals surface area contributed by atoms with Crippen LogP contribution in [-0.4, -0.2) is 107 Å². The molecule has 0 radical (unpaired) electrons. The third kappa shape index (κ3) is 20.1. The first-order valence-electron chi connectivity index (χ1n) is 13.1. The van der Waals surface area contributed by atoms with Crippen LogP contribution in [0.3, 0.4) is 0 Å². The van der Waals surface area contributed by atoms with Crippen LogP contribution in [0.1, 0.15) is 24.8 Å². The molecule has 0 N–H and O–H groups in total. The first-order chi connectivity index (χ1) is 19.1. The van der Waals surface area contributed by atoms with Gasteiger partial charge in [-0.1, -0.05) is 29.0 Å². The molecule has 0 aliphatic carbocycles. The molecule has 0 saturated heterocycles. The number of hydrogen-bond acceptors (Lipinski definition) is 11. The summed E-state index contributed by atoms with van der Waals surface area (Å²) in [5, 5.41) is 22.0. The number of ether oxygens (including phenoxy) is 7. The highest BCUT2D eigenvalue weighted by Gasteiger charge is 2.18. The molecule has 0 atom stereocenters. The molecule has 0 amide bonds. The zero-order valence-corrected chi connectivity index (χ0v) is 24.6. The van der Waals surface area contributed by atoms with Gasteiger partial charge in [0.15, 0.2) is 0 Å². The van der Waals surface area contributed by atoms with Crippen molar-refractivity contribution in [2.75, 3.05) is 96.9 Å². The van der Waals surface area contributed by atoms with Crippen LogP contribution < -0.4 is 0 Å². The van der Waals surface area contributed by atoms with Gasteiger partial charge in [0.2, 0.25) is 0 Å². The van der Waals surface area contributed by atoms with Crippen molar-refractivity contribution in [2.45, 2.75) is 25.7 Å². The van der Waals surface area contributed by atoms with Crippen LogP contribution in [0.25, 0.3) is 0 Å². The number of non-ortho nitro benzene ring substituents is 1. The topological polar surface area (TPSA) is 151 Å². The Morgan fingerprint density at radius 1 is 0.564 bits per heavy atom. The van der Waals surface area contributed by atoms with Gasteiger partial charge in [-0.3, -0.25) is 20.2 Å². The Hall–Kier alpha value is -1.53. The molecule has 224 valence electrons. The average Bonchev–Trinajstić information content (AvgIpc) is 2.92. The van der Waals surface area contributed by atoms with E-state index >= 15 is 0 Å².